The van der Waals surface area contributed by atoms with Crippen molar-refractivity contribution in [2.75, 3.05) is 6.61 Å². The van der Waals surface area contributed by atoms with Crippen molar-refractivity contribution in [2.24, 2.45) is 5.73 Å². The van der Waals surface area contributed by atoms with Gasteiger partial charge in [0.2, 0.25) is 0 Å². The second kappa shape index (κ2) is 7.37. The van der Waals surface area contributed by atoms with Crippen LogP contribution in [0.3, 0.4) is 0 Å². The van der Waals surface area contributed by atoms with E-state index in [4.69, 9.17) is 10.5 Å². The molecule has 98 valence electrons. The van der Waals surface area contributed by atoms with Crippen molar-refractivity contribution in [1.29, 1.82) is 0 Å². The van der Waals surface area contributed by atoms with Crippen molar-refractivity contribution in [3.05, 3.63) is 23.8 Å². The Morgan fingerprint density at radius 2 is 1.94 bits per heavy atom. The minimum absolute atomic E-state index is 0.178. The Morgan fingerprint density at radius 1 is 1.28 bits per heavy atom. The number of nitrogens with two attached hydrogens (primary N) is 1. The van der Waals surface area contributed by atoms with Gasteiger partial charge in [-0.05, 0) is 19.8 Å². The molecule has 0 saturated carbocycles. The van der Waals surface area contributed by atoms with E-state index in [1.54, 1.807) is 6.92 Å². The maximum absolute atomic E-state index is 11.1. The molecule has 1 aromatic heterocycles. The zero-order chi connectivity index (χ0) is 13.4. The van der Waals surface area contributed by atoms with E-state index < -0.39 is 5.91 Å². The van der Waals surface area contributed by atoms with Gasteiger partial charge in [-0.1, -0.05) is 0 Å². The van der Waals surface area contributed by atoms with Crippen LogP contribution < -0.4 is 5.73 Å². The van der Waals surface area contributed by atoms with Crippen LogP contribution in [-0.2, 0) is 16.0 Å². The molecule has 6 heteroatoms. The lowest BCUT2D eigenvalue weighted by molar-refractivity contribution is -0.143. The van der Waals surface area contributed by atoms with Crippen molar-refractivity contribution < 1.29 is 14.3 Å². The van der Waals surface area contributed by atoms with Gasteiger partial charge in [0.15, 0.2) is 0 Å². The highest BCUT2D eigenvalue weighted by Gasteiger charge is 2.04. The molecule has 0 saturated heterocycles. The van der Waals surface area contributed by atoms with Crippen LogP contribution in [0.15, 0.2) is 12.4 Å². The zero-order valence-corrected chi connectivity index (χ0v) is 10.4. The van der Waals surface area contributed by atoms with Gasteiger partial charge in [-0.25, -0.2) is 9.97 Å². The molecule has 0 radical (unpaired) electrons. The van der Waals surface area contributed by atoms with Crippen LogP contribution in [0.2, 0.25) is 0 Å². The zero-order valence-electron chi connectivity index (χ0n) is 10.4. The molecule has 0 spiro atoms. The summed E-state index contributed by atoms with van der Waals surface area (Å²) in [6.07, 6.45) is 5.44. The number of nitrogens with zero attached hydrogens (tertiary/aromatic N) is 2. The first kappa shape index (κ1) is 14.1. The number of aromatic nitrogens is 2. The number of rotatable bonds is 7. The fourth-order valence-corrected chi connectivity index (χ4v) is 1.40. The van der Waals surface area contributed by atoms with Gasteiger partial charge < -0.3 is 10.5 Å². The molecule has 0 atom stereocenters. The average molecular weight is 251 g/mol. The average Bonchev–Trinajstić information content (AvgIpc) is 2.35. The number of primary amides is 1. The number of carbonyl (C=O) groups is 2. The number of hydrogen-bond donors (Lipinski definition) is 1. The van der Waals surface area contributed by atoms with Crippen molar-refractivity contribution in [3.63, 3.8) is 0 Å². The summed E-state index contributed by atoms with van der Waals surface area (Å²) in [6.45, 7) is 2.20. The van der Waals surface area contributed by atoms with Crippen LogP contribution in [0.4, 0.5) is 0 Å². The fraction of sp³-hybridized carbons (Fsp3) is 0.500. The van der Waals surface area contributed by atoms with Crippen LogP contribution in [0, 0.1) is 0 Å². The summed E-state index contributed by atoms with van der Waals surface area (Å²) < 4.78 is 4.81. The molecule has 18 heavy (non-hydrogen) atoms. The number of ether oxygens (including phenoxy) is 1. The van der Waals surface area contributed by atoms with Crippen molar-refractivity contribution in [1.82, 2.24) is 9.97 Å². The number of amides is 1. The first-order valence-electron chi connectivity index (χ1n) is 5.89. The standard InChI is InChI=1S/C12H17N3O3/c1-2-18-11(16)6-4-3-5-10-14-7-9(8-15-10)12(13)17/h7-8H,2-6H2,1H3,(H2,13,17). The molecular weight excluding hydrogens is 234 g/mol. The number of carbonyl (C=O) groups excluding carboxylic acids is 2. The van der Waals surface area contributed by atoms with Crippen LogP contribution in [0.1, 0.15) is 42.4 Å². The largest absolute Gasteiger partial charge is 0.466 e. The van der Waals surface area contributed by atoms with Gasteiger partial charge in [0.05, 0.1) is 12.2 Å². The number of esters is 1. The van der Waals surface area contributed by atoms with Crippen molar-refractivity contribution in [3.8, 4) is 0 Å². The predicted octanol–water partition coefficient (Wildman–Crippen LogP) is 0.851. The van der Waals surface area contributed by atoms with E-state index in [1.807, 2.05) is 0 Å². The number of hydrogen-bond acceptors (Lipinski definition) is 5. The third-order valence-electron chi connectivity index (χ3n) is 2.33. The SMILES string of the molecule is CCOC(=O)CCCCc1ncc(C(N)=O)cn1. The van der Waals surface area contributed by atoms with Gasteiger partial charge in [0, 0.05) is 25.2 Å². The Labute approximate surface area is 106 Å². The molecule has 1 rings (SSSR count). The number of aryl methyl sites for hydroxylation is 1. The van der Waals surface area contributed by atoms with Gasteiger partial charge >= 0.3 is 5.97 Å². The topological polar surface area (TPSA) is 95.2 Å². The van der Waals surface area contributed by atoms with Gasteiger partial charge in [-0.15, -0.1) is 0 Å². The van der Waals surface area contributed by atoms with Gasteiger partial charge in [-0.2, -0.15) is 0 Å². The molecule has 1 heterocycles. The van der Waals surface area contributed by atoms with Gasteiger partial charge in [0.25, 0.3) is 5.91 Å². The Balaban J connectivity index is 2.27. The second-order valence-corrected chi connectivity index (χ2v) is 3.76. The maximum Gasteiger partial charge on any atom is 0.305 e. The van der Waals surface area contributed by atoms with E-state index >= 15 is 0 Å². The van der Waals surface area contributed by atoms with E-state index in [-0.39, 0.29) is 5.97 Å². The lowest BCUT2D eigenvalue weighted by atomic mass is 10.2. The Bertz CT molecular complexity index is 404. The highest BCUT2D eigenvalue weighted by Crippen LogP contribution is 2.03. The summed E-state index contributed by atoms with van der Waals surface area (Å²) in [7, 11) is 0. The smallest absolute Gasteiger partial charge is 0.305 e. The Morgan fingerprint density at radius 3 is 2.50 bits per heavy atom. The molecule has 0 unspecified atom stereocenters. The minimum Gasteiger partial charge on any atom is -0.466 e. The fourth-order valence-electron chi connectivity index (χ4n) is 1.40. The van der Waals surface area contributed by atoms with Crippen LogP contribution in [0.5, 0.6) is 0 Å². The molecule has 2 N–H and O–H groups in total. The third kappa shape index (κ3) is 4.90. The molecule has 6 nitrogen and oxygen atoms in total. The van der Waals surface area contributed by atoms with E-state index in [9.17, 15) is 9.59 Å². The molecule has 0 aliphatic heterocycles. The molecule has 0 aliphatic rings. The lowest BCUT2D eigenvalue weighted by Gasteiger charge is -2.02. The molecule has 0 aromatic carbocycles. The van der Waals surface area contributed by atoms with Gasteiger partial charge in [0.1, 0.15) is 5.82 Å². The number of unbranched alkanes of at least 4 members (excludes halogenated alkanes) is 1. The predicted molar refractivity (Wildman–Crippen MR) is 64.7 cm³/mol. The molecule has 1 amide bonds. The summed E-state index contributed by atoms with van der Waals surface area (Å²) in [5, 5.41) is 0. The summed E-state index contributed by atoms with van der Waals surface area (Å²) in [4.78, 5) is 29.9. The maximum atomic E-state index is 11.1. The highest BCUT2D eigenvalue weighted by molar-refractivity contribution is 5.92. The summed E-state index contributed by atoms with van der Waals surface area (Å²) >= 11 is 0. The normalized spacial score (nSPS) is 10.1. The molecule has 0 aliphatic carbocycles. The second-order valence-electron chi connectivity index (χ2n) is 3.76. The first-order valence-corrected chi connectivity index (χ1v) is 5.89. The van der Waals surface area contributed by atoms with Crippen molar-refractivity contribution >= 4 is 11.9 Å². The molecule has 0 bridgehead atoms. The first-order chi connectivity index (χ1) is 8.63. The third-order valence-corrected chi connectivity index (χ3v) is 2.33. The molecular formula is C12H17N3O3. The van der Waals surface area contributed by atoms with Crippen LogP contribution in [0.25, 0.3) is 0 Å². The van der Waals surface area contributed by atoms with E-state index in [0.717, 1.165) is 12.8 Å². The molecule has 1 aromatic rings. The molecule has 0 fully saturated rings. The quantitative estimate of drug-likeness (QED) is 0.572. The summed E-state index contributed by atoms with van der Waals surface area (Å²) in [6, 6.07) is 0. The summed E-state index contributed by atoms with van der Waals surface area (Å²) in [5.41, 5.74) is 5.37. The van der Waals surface area contributed by atoms with E-state index in [2.05, 4.69) is 9.97 Å². The van der Waals surface area contributed by atoms with E-state index in [1.165, 1.54) is 12.4 Å². The Kier molecular flexibility index (Phi) is 5.76. The highest BCUT2D eigenvalue weighted by atomic mass is 16.5. The van der Waals surface area contributed by atoms with Crippen LogP contribution >= 0.6 is 0 Å². The van der Waals surface area contributed by atoms with Gasteiger partial charge in [-0.3, -0.25) is 9.59 Å². The van der Waals surface area contributed by atoms with Crippen molar-refractivity contribution in [2.45, 2.75) is 32.6 Å². The van der Waals surface area contributed by atoms with Crippen LogP contribution in [-0.4, -0.2) is 28.5 Å². The monoisotopic (exact) mass is 251 g/mol. The Hall–Kier alpha value is -1.98. The lowest BCUT2D eigenvalue weighted by Crippen LogP contribution is -2.12. The van der Waals surface area contributed by atoms with E-state index in [0.29, 0.717) is 30.8 Å². The summed E-state index contributed by atoms with van der Waals surface area (Å²) in [5.74, 6) is -0.0739. The minimum atomic E-state index is -0.538.